The molecule has 0 saturated carbocycles. The summed E-state index contributed by atoms with van der Waals surface area (Å²) in [5.74, 6) is 0.974. The number of nitrogens with zero attached hydrogens (tertiary/aromatic N) is 3. The Morgan fingerprint density at radius 3 is 2.50 bits per heavy atom. The molecule has 1 heterocycles. The molecule has 0 amide bonds. The highest BCUT2D eigenvalue weighted by atomic mass is 35.5. The maximum atomic E-state index is 5.91. The van der Waals surface area contributed by atoms with Gasteiger partial charge in [0, 0.05) is 15.7 Å². The van der Waals surface area contributed by atoms with E-state index in [1.165, 1.54) is 4.90 Å². The predicted octanol–water partition coefficient (Wildman–Crippen LogP) is 4.70. The molecule has 0 aliphatic carbocycles. The maximum absolute atomic E-state index is 5.91. The fraction of sp³-hybridized carbons (Fsp3) is 0.467. The number of aromatic nitrogens is 3. The lowest BCUT2D eigenvalue weighted by atomic mass is 9.89. The van der Waals surface area contributed by atoms with Gasteiger partial charge in [0.15, 0.2) is 0 Å². The van der Waals surface area contributed by atoms with Crippen LogP contribution in [0.25, 0.3) is 0 Å². The lowest BCUT2D eigenvalue weighted by molar-refractivity contribution is 0.296. The Morgan fingerprint density at radius 2 is 1.95 bits per heavy atom. The fourth-order valence-corrected chi connectivity index (χ4v) is 3.17. The summed E-state index contributed by atoms with van der Waals surface area (Å²) in [5, 5.41) is 5.07. The molecule has 0 aliphatic heterocycles. The quantitative estimate of drug-likeness (QED) is 0.750. The number of thioether (sulfide) groups is 1. The second kappa shape index (κ2) is 6.64. The van der Waals surface area contributed by atoms with Gasteiger partial charge in [-0.15, -0.1) is 11.8 Å². The molecular formula is C15H20ClN3S. The van der Waals surface area contributed by atoms with Crippen molar-refractivity contribution in [3.05, 3.63) is 41.9 Å². The Balaban J connectivity index is 2.02. The van der Waals surface area contributed by atoms with E-state index in [9.17, 15) is 0 Å². The molecular weight excluding hydrogens is 290 g/mol. The van der Waals surface area contributed by atoms with Crippen molar-refractivity contribution >= 4 is 23.4 Å². The average molecular weight is 310 g/mol. The average Bonchev–Trinajstić information content (AvgIpc) is 2.89. The van der Waals surface area contributed by atoms with E-state index in [1.54, 1.807) is 12.7 Å². The van der Waals surface area contributed by atoms with Crippen LogP contribution in [0.2, 0.25) is 5.02 Å². The highest BCUT2D eigenvalue weighted by molar-refractivity contribution is 7.99. The predicted molar refractivity (Wildman–Crippen MR) is 85.3 cm³/mol. The molecule has 108 valence electrons. The van der Waals surface area contributed by atoms with Crippen LogP contribution in [-0.2, 0) is 0 Å². The monoisotopic (exact) mass is 309 g/mol. The van der Waals surface area contributed by atoms with Gasteiger partial charge in [-0.3, -0.25) is 0 Å². The standard InChI is InChI=1S/C15H20ClN3S/c1-15(2,3)8-13(19-11-17-10-18-19)9-20-14-6-4-12(16)5-7-14/h4-7,10-11,13H,8-9H2,1-3H3. The second-order valence-electron chi connectivity index (χ2n) is 6.06. The van der Waals surface area contributed by atoms with E-state index in [0.717, 1.165) is 17.2 Å². The minimum absolute atomic E-state index is 0.261. The third kappa shape index (κ3) is 4.84. The van der Waals surface area contributed by atoms with Crippen molar-refractivity contribution in [1.82, 2.24) is 14.8 Å². The van der Waals surface area contributed by atoms with Crippen molar-refractivity contribution < 1.29 is 0 Å². The molecule has 1 unspecified atom stereocenters. The van der Waals surface area contributed by atoms with Crippen LogP contribution in [0.1, 0.15) is 33.2 Å². The molecule has 1 aromatic heterocycles. The lowest BCUT2D eigenvalue weighted by Crippen LogP contribution is -2.19. The number of rotatable bonds is 5. The highest BCUT2D eigenvalue weighted by Gasteiger charge is 2.21. The van der Waals surface area contributed by atoms with Crippen molar-refractivity contribution in [2.45, 2.75) is 38.1 Å². The summed E-state index contributed by atoms with van der Waals surface area (Å²) in [6.07, 6.45) is 4.47. The lowest BCUT2D eigenvalue weighted by Gasteiger charge is -2.25. The Morgan fingerprint density at radius 1 is 1.25 bits per heavy atom. The van der Waals surface area contributed by atoms with Gasteiger partial charge < -0.3 is 0 Å². The summed E-state index contributed by atoms with van der Waals surface area (Å²) in [6, 6.07) is 8.32. The molecule has 0 N–H and O–H groups in total. The van der Waals surface area contributed by atoms with E-state index >= 15 is 0 Å². The molecule has 5 heteroatoms. The van der Waals surface area contributed by atoms with Gasteiger partial charge in [0.05, 0.1) is 6.04 Å². The zero-order chi connectivity index (χ0) is 14.6. The first kappa shape index (κ1) is 15.4. The van der Waals surface area contributed by atoms with E-state index in [1.807, 2.05) is 28.6 Å². The van der Waals surface area contributed by atoms with Crippen LogP contribution < -0.4 is 0 Å². The summed E-state index contributed by atoms with van der Waals surface area (Å²) >= 11 is 7.74. The highest BCUT2D eigenvalue weighted by Crippen LogP contribution is 2.32. The van der Waals surface area contributed by atoms with Gasteiger partial charge in [-0.05, 0) is 36.1 Å². The molecule has 0 radical (unpaired) electrons. The van der Waals surface area contributed by atoms with Crippen molar-refractivity contribution in [3.63, 3.8) is 0 Å². The van der Waals surface area contributed by atoms with Crippen molar-refractivity contribution in [3.8, 4) is 0 Å². The molecule has 0 saturated heterocycles. The third-order valence-corrected chi connectivity index (χ3v) is 4.32. The van der Waals surface area contributed by atoms with Crippen LogP contribution in [-0.4, -0.2) is 20.5 Å². The van der Waals surface area contributed by atoms with Gasteiger partial charge in [-0.25, -0.2) is 9.67 Å². The van der Waals surface area contributed by atoms with Crippen LogP contribution in [0.3, 0.4) is 0 Å². The molecule has 2 rings (SSSR count). The van der Waals surface area contributed by atoms with Gasteiger partial charge in [0.25, 0.3) is 0 Å². The summed E-state index contributed by atoms with van der Waals surface area (Å²) in [6.45, 7) is 6.76. The Hall–Kier alpha value is -1.00. The number of benzene rings is 1. The fourth-order valence-electron chi connectivity index (χ4n) is 2.06. The molecule has 0 fully saturated rings. The smallest absolute Gasteiger partial charge is 0.137 e. The van der Waals surface area contributed by atoms with Gasteiger partial charge in [0.2, 0.25) is 0 Å². The van der Waals surface area contributed by atoms with Gasteiger partial charge in [-0.2, -0.15) is 5.10 Å². The third-order valence-electron chi connectivity index (χ3n) is 2.91. The summed E-state index contributed by atoms with van der Waals surface area (Å²) in [7, 11) is 0. The Kier molecular flexibility index (Phi) is 5.11. The first-order valence-electron chi connectivity index (χ1n) is 6.66. The van der Waals surface area contributed by atoms with E-state index in [4.69, 9.17) is 11.6 Å². The molecule has 3 nitrogen and oxygen atoms in total. The summed E-state index contributed by atoms with van der Waals surface area (Å²) in [4.78, 5) is 5.29. The molecule has 1 aromatic carbocycles. The minimum Gasteiger partial charge on any atom is -0.249 e. The van der Waals surface area contributed by atoms with E-state index in [-0.39, 0.29) is 5.41 Å². The maximum Gasteiger partial charge on any atom is 0.137 e. The first-order chi connectivity index (χ1) is 9.44. The molecule has 0 bridgehead atoms. The zero-order valence-electron chi connectivity index (χ0n) is 12.1. The molecule has 20 heavy (non-hydrogen) atoms. The van der Waals surface area contributed by atoms with Crippen LogP contribution in [0.5, 0.6) is 0 Å². The Labute approximate surface area is 129 Å². The van der Waals surface area contributed by atoms with Gasteiger partial charge in [-0.1, -0.05) is 32.4 Å². The minimum atomic E-state index is 0.261. The number of halogens is 1. The van der Waals surface area contributed by atoms with Crippen LogP contribution in [0.4, 0.5) is 0 Å². The molecule has 1 atom stereocenters. The van der Waals surface area contributed by atoms with Crippen LogP contribution in [0, 0.1) is 5.41 Å². The largest absolute Gasteiger partial charge is 0.249 e. The first-order valence-corrected chi connectivity index (χ1v) is 8.03. The van der Waals surface area contributed by atoms with Gasteiger partial charge >= 0.3 is 0 Å². The summed E-state index contributed by atoms with van der Waals surface area (Å²) < 4.78 is 1.97. The van der Waals surface area contributed by atoms with E-state index < -0.39 is 0 Å². The number of hydrogen-bond donors (Lipinski definition) is 0. The zero-order valence-corrected chi connectivity index (χ0v) is 13.7. The van der Waals surface area contributed by atoms with Crippen molar-refractivity contribution in [1.29, 1.82) is 0 Å². The Bertz CT molecular complexity index is 517. The SMILES string of the molecule is CC(C)(C)CC(CSc1ccc(Cl)cc1)n1cncn1. The van der Waals surface area contributed by atoms with Gasteiger partial charge in [0.1, 0.15) is 12.7 Å². The topological polar surface area (TPSA) is 30.7 Å². The normalized spacial score (nSPS) is 13.4. The second-order valence-corrected chi connectivity index (χ2v) is 7.59. The van der Waals surface area contributed by atoms with Crippen LogP contribution >= 0.6 is 23.4 Å². The molecule has 0 spiro atoms. The van der Waals surface area contributed by atoms with E-state index in [0.29, 0.717) is 6.04 Å². The van der Waals surface area contributed by atoms with E-state index in [2.05, 4.69) is 43.0 Å². The number of hydrogen-bond acceptors (Lipinski definition) is 3. The summed E-state index contributed by atoms with van der Waals surface area (Å²) in [5.41, 5.74) is 0.261. The molecule has 0 aliphatic rings. The van der Waals surface area contributed by atoms with Crippen molar-refractivity contribution in [2.24, 2.45) is 5.41 Å². The van der Waals surface area contributed by atoms with Crippen LogP contribution in [0.15, 0.2) is 41.8 Å². The molecule has 2 aromatic rings. The van der Waals surface area contributed by atoms with Crippen molar-refractivity contribution in [2.75, 3.05) is 5.75 Å².